The molecule has 3 aliphatic carbocycles. The normalized spacial score (nSPS) is 42.0. The molecule has 0 aromatic rings. The molecule has 0 aromatic carbocycles. The van der Waals surface area contributed by atoms with Gasteiger partial charge < -0.3 is 9.80 Å². The highest BCUT2D eigenvalue weighted by atomic mass is 15.5. The van der Waals surface area contributed by atoms with Crippen LogP contribution >= 0.6 is 0 Å². The first-order valence-electron chi connectivity index (χ1n) is 10.9. The lowest BCUT2D eigenvalue weighted by Crippen LogP contribution is -2.41. The Morgan fingerprint density at radius 2 is 1.88 bits per heavy atom. The Morgan fingerprint density at radius 1 is 1.00 bits per heavy atom. The topological polar surface area (TPSA) is 18.8 Å². The van der Waals surface area contributed by atoms with Crippen LogP contribution in [0.3, 0.4) is 0 Å². The van der Waals surface area contributed by atoms with Crippen LogP contribution in [0.15, 0.2) is 4.99 Å². The lowest BCUT2D eigenvalue weighted by atomic mass is 9.83. The fraction of sp³-hybridized carbons (Fsp3) is 0.952. The number of hydrogen-bond acceptors (Lipinski definition) is 3. The zero-order chi connectivity index (χ0) is 16.1. The summed E-state index contributed by atoms with van der Waals surface area (Å²) in [6, 6.07) is 1.41. The summed E-state index contributed by atoms with van der Waals surface area (Å²) in [6.07, 6.45) is 14.9. The third kappa shape index (κ3) is 2.57. The van der Waals surface area contributed by atoms with E-state index in [0.29, 0.717) is 6.04 Å². The van der Waals surface area contributed by atoms with Gasteiger partial charge in [0.1, 0.15) is 0 Å². The van der Waals surface area contributed by atoms with Crippen LogP contribution in [0.5, 0.6) is 0 Å². The van der Waals surface area contributed by atoms with E-state index in [-0.39, 0.29) is 0 Å². The van der Waals surface area contributed by atoms with Gasteiger partial charge in [0, 0.05) is 19.1 Å². The Kier molecular flexibility index (Phi) is 4.02. The summed E-state index contributed by atoms with van der Waals surface area (Å²) < 4.78 is 0. The van der Waals surface area contributed by atoms with Crippen LogP contribution in [0.1, 0.15) is 71.1 Å². The summed E-state index contributed by atoms with van der Waals surface area (Å²) in [4.78, 5) is 10.4. The van der Waals surface area contributed by atoms with Gasteiger partial charge in [-0.3, -0.25) is 4.99 Å². The predicted molar refractivity (Wildman–Crippen MR) is 99.1 cm³/mol. The summed E-state index contributed by atoms with van der Waals surface area (Å²) >= 11 is 0. The fourth-order valence-corrected chi connectivity index (χ4v) is 6.79. The number of guanidine groups is 1. The highest BCUT2D eigenvalue weighted by molar-refractivity contribution is 5.84. The quantitative estimate of drug-likeness (QED) is 0.772. The van der Waals surface area contributed by atoms with Crippen molar-refractivity contribution in [3.63, 3.8) is 0 Å². The number of rotatable bonds is 4. The number of aliphatic imine (C=N–C) groups is 1. The summed E-state index contributed by atoms with van der Waals surface area (Å²) in [6.45, 7) is 5.95. The molecular formula is C21H35N3. The summed E-state index contributed by atoms with van der Waals surface area (Å²) in [5.74, 6) is 5.50. The molecule has 24 heavy (non-hydrogen) atoms. The Labute approximate surface area is 147 Å². The average molecular weight is 330 g/mol. The van der Waals surface area contributed by atoms with Gasteiger partial charge in [0.15, 0.2) is 5.96 Å². The van der Waals surface area contributed by atoms with Crippen molar-refractivity contribution < 1.29 is 0 Å². The molecule has 0 radical (unpaired) electrons. The SMILES string of the molecule is C[C@H]1CN=C2N(CCC3CC4CCC3C4)[C@@H](C3CCCCC3)CN21. The van der Waals surface area contributed by atoms with E-state index in [2.05, 4.69) is 16.7 Å². The van der Waals surface area contributed by atoms with Crippen molar-refractivity contribution >= 4 is 5.96 Å². The molecule has 3 nitrogen and oxygen atoms in total. The van der Waals surface area contributed by atoms with Crippen LogP contribution in [0.25, 0.3) is 0 Å². The van der Waals surface area contributed by atoms with Crippen LogP contribution < -0.4 is 0 Å². The van der Waals surface area contributed by atoms with Gasteiger partial charge in [0.05, 0.1) is 12.6 Å². The molecule has 5 aliphatic rings. The van der Waals surface area contributed by atoms with Crippen LogP contribution in [0.2, 0.25) is 0 Å². The monoisotopic (exact) mass is 329 g/mol. The molecule has 3 heteroatoms. The molecule has 1 saturated heterocycles. The van der Waals surface area contributed by atoms with Crippen molar-refractivity contribution in [2.45, 2.75) is 83.2 Å². The molecule has 3 unspecified atom stereocenters. The largest absolute Gasteiger partial charge is 0.338 e. The molecule has 5 atom stereocenters. The van der Waals surface area contributed by atoms with Crippen LogP contribution in [0.4, 0.5) is 0 Å². The number of nitrogens with zero attached hydrogens (tertiary/aromatic N) is 3. The van der Waals surface area contributed by atoms with Gasteiger partial charge in [-0.2, -0.15) is 0 Å². The average Bonchev–Trinajstić information content (AvgIpc) is 3.36. The maximum absolute atomic E-state index is 4.97. The molecular weight excluding hydrogens is 294 g/mol. The van der Waals surface area contributed by atoms with Crippen LogP contribution in [-0.2, 0) is 0 Å². The summed E-state index contributed by atoms with van der Waals surface area (Å²) in [5, 5.41) is 0. The van der Waals surface area contributed by atoms with E-state index in [1.165, 1.54) is 70.4 Å². The molecule has 0 amide bonds. The second-order valence-corrected chi connectivity index (χ2v) is 9.52. The van der Waals surface area contributed by atoms with Crippen LogP contribution in [0, 0.1) is 23.7 Å². The first-order valence-corrected chi connectivity index (χ1v) is 10.9. The van der Waals surface area contributed by atoms with Crippen molar-refractivity contribution in [2.75, 3.05) is 19.6 Å². The zero-order valence-electron chi connectivity index (χ0n) is 15.5. The van der Waals surface area contributed by atoms with Crippen molar-refractivity contribution in [1.82, 2.24) is 9.80 Å². The second-order valence-electron chi connectivity index (χ2n) is 9.52. The fourth-order valence-electron chi connectivity index (χ4n) is 6.79. The number of hydrogen-bond donors (Lipinski definition) is 0. The highest BCUT2D eigenvalue weighted by Crippen LogP contribution is 2.49. The van der Waals surface area contributed by atoms with E-state index >= 15 is 0 Å². The van der Waals surface area contributed by atoms with Gasteiger partial charge in [0.2, 0.25) is 0 Å². The minimum Gasteiger partial charge on any atom is -0.338 e. The molecule has 2 bridgehead atoms. The molecule has 4 fully saturated rings. The van der Waals surface area contributed by atoms with E-state index < -0.39 is 0 Å². The second kappa shape index (κ2) is 6.21. The molecule has 134 valence electrons. The third-order valence-electron chi connectivity index (χ3n) is 8.15. The van der Waals surface area contributed by atoms with E-state index in [9.17, 15) is 0 Å². The number of fused-ring (bicyclic) bond motifs is 3. The third-order valence-corrected chi connectivity index (χ3v) is 8.15. The van der Waals surface area contributed by atoms with Gasteiger partial charge in [-0.05, 0) is 69.1 Å². The minimum atomic E-state index is 0.638. The first-order chi connectivity index (χ1) is 11.8. The standard InChI is InChI=1S/C21H35N3/c1-15-13-22-21-23(10-9-19-12-16-7-8-18(19)11-16)20(14-24(15)21)17-5-3-2-4-6-17/h15-20H,2-14H2,1H3/t15-,16?,18?,19?,20+/m0/s1. The molecule has 0 aromatic heterocycles. The maximum atomic E-state index is 4.97. The van der Waals surface area contributed by atoms with Crippen LogP contribution in [-0.4, -0.2) is 47.5 Å². The van der Waals surface area contributed by atoms with Crippen molar-refractivity contribution in [3.8, 4) is 0 Å². The van der Waals surface area contributed by atoms with E-state index in [1.54, 1.807) is 12.8 Å². The lowest BCUT2D eigenvalue weighted by molar-refractivity contribution is 0.181. The van der Waals surface area contributed by atoms with E-state index in [4.69, 9.17) is 4.99 Å². The Balaban J connectivity index is 1.28. The Hall–Kier alpha value is -0.730. The molecule has 5 rings (SSSR count). The highest BCUT2D eigenvalue weighted by Gasteiger charge is 2.45. The van der Waals surface area contributed by atoms with Gasteiger partial charge >= 0.3 is 0 Å². The molecule has 0 N–H and O–H groups in total. The van der Waals surface area contributed by atoms with Crippen molar-refractivity contribution in [3.05, 3.63) is 0 Å². The lowest BCUT2D eigenvalue weighted by Gasteiger charge is -2.35. The summed E-state index contributed by atoms with van der Waals surface area (Å²) in [5.41, 5.74) is 0. The van der Waals surface area contributed by atoms with Crippen molar-refractivity contribution in [2.24, 2.45) is 28.7 Å². The minimum absolute atomic E-state index is 0.638. The van der Waals surface area contributed by atoms with E-state index in [0.717, 1.165) is 36.3 Å². The predicted octanol–water partition coefficient (Wildman–Crippen LogP) is 4.14. The molecule has 2 aliphatic heterocycles. The first kappa shape index (κ1) is 15.5. The molecule has 0 spiro atoms. The Morgan fingerprint density at radius 3 is 2.62 bits per heavy atom. The maximum Gasteiger partial charge on any atom is 0.197 e. The van der Waals surface area contributed by atoms with Gasteiger partial charge in [-0.15, -0.1) is 0 Å². The van der Waals surface area contributed by atoms with Gasteiger partial charge in [0.25, 0.3) is 0 Å². The Bertz CT molecular complexity index is 495. The van der Waals surface area contributed by atoms with E-state index in [1.807, 2.05) is 0 Å². The van der Waals surface area contributed by atoms with Gasteiger partial charge in [-0.1, -0.05) is 25.7 Å². The smallest absolute Gasteiger partial charge is 0.197 e. The zero-order valence-corrected chi connectivity index (χ0v) is 15.5. The molecule has 3 saturated carbocycles. The van der Waals surface area contributed by atoms with Crippen molar-refractivity contribution in [1.29, 1.82) is 0 Å². The summed E-state index contributed by atoms with van der Waals surface area (Å²) in [7, 11) is 0. The molecule has 2 heterocycles. The van der Waals surface area contributed by atoms with Gasteiger partial charge in [-0.25, -0.2) is 0 Å².